The molecule has 0 spiro atoms. The second-order valence-corrected chi connectivity index (χ2v) is 5.29. The number of aliphatic hydroxyl groups excluding tert-OH is 1. The number of carbonyl (C=O) groups is 1. The van der Waals surface area contributed by atoms with Crippen molar-refractivity contribution in [1.82, 2.24) is 4.90 Å². The maximum absolute atomic E-state index is 12.6. The highest BCUT2D eigenvalue weighted by molar-refractivity contribution is 6.01. The number of anilines is 1. The second kappa shape index (κ2) is 6.09. The third-order valence-corrected chi connectivity index (χ3v) is 3.93. The van der Waals surface area contributed by atoms with Gasteiger partial charge in [-0.25, -0.2) is 0 Å². The molecule has 2 rings (SSSR count). The van der Waals surface area contributed by atoms with E-state index in [1.807, 2.05) is 6.92 Å². The topological polar surface area (TPSA) is 95.7 Å². The van der Waals surface area contributed by atoms with Crippen molar-refractivity contribution in [2.24, 2.45) is 5.92 Å². The Morgan fingerprint density at radius 3 is 2.81 bits per heavy atom. The van der Waals surface area contributed by atoms with Gasteiger partial charge in [0, 0.05) is 26.2 Å². The zero-order valence-corrected chi connectivity index (χ0v) is 12.1. The molecule has 114 valence electrons. The van der Waals surface area contributed by atoms with E-state index < -0.39 is 11.0 Å². The van der Waals surface area contributed by atoms with Crippen LogP contribution in [0.2, 0.25) is 0 Å². The number of amides is 1. The predicted octanol–water partition coefficient (Wildman–Crippen LogP) is 1.48. The summed E-state index contributed by atoms with van der Waals surface area (Å²) >= 11 is 0. The van der Waals surface area contributed by atoms with Crippen LogP contribution in [0, 0.1) is 16.0 Å². The van der Waals surface area contributed by atoms with Crippen LogP contribution < -0.4 is 5.32 Å². The SMILES string of the molecule is CNc1c(C(=O)N2CCC(C)C(O)C2)cccc1[N+](=O)[O-]. The van der Waals surface area contributed by atoms with Crippen LogP contribution in [0.5, 0.6) is 0 Å². The highest BCUT2D eigenvalue weighted by atomic mass is 16.6. The number of piperidine rings is 1. The minimum atomic E-state index is -0.556. The molecule has 2 atom stereocenters. The van der Waals surface area contributed by atoms with Crippen molar-refractivity contribution in [3.63, 3.8) is 0 Å². The Kier molecular flexibility index (Phi) is 4.42. The van der Waals surface area contributed by atoms with Gasteiger partial charge in [0.2, 0.25) is 0 Å². The van der Waals surface area contributed by atoms with Gasteiger partial charge in [-0.15, -0.1) is 0 Å². The molecule has 0 radical (unpaired) electrons. The number of carbonyl (C=O) groups excluding carboxylic acids is 1. The third kappa shape index (κ3) is 2.97. The van der Waals surface area contributed by atoms with Gasteiger partial charge in [0.05, 0.1) is 16.6 Å². The third-order valence-electron chi connectivity index (χ3n) is 3.93. The number of hydrogen-bond donors (Lipinski definition) is 2. The van der Waals surface area contributed by atoms with Gasteiger partial charge in [-0.1, -0.05) is 13.0 Å². The van der Waals surface area contributed by atoms with Crippen molar-refractivity contribution in [1.29, 1.82) is 0 Å². The fraction of sp³-hybridized carbons (Fsp3) is 0.500. The van der Waals surface area contributed by atoms with Gasteiger partial charge in [0.25, 0.3) is 11.6 Å². The molecular formula is C14H19N3O4. The van der Waals surface area contributed by atoms with Crippen LogP contribution in [0.3, 0.4) is 0 Å². The summed E-state index contributed by atoms with van der Waals surface area (Å²) in [6.07, 6.45) is 0.163. The number of nitrogens with zero attached hydrogens (tertiary/aromatic N) is 2. The summed E-state index contributed by atoms with van der Waals surface area (Å²) in [5.41, 5.74) is 0.336. The Bertz CT molecular complexity index is 561. The maximum atomic E-state index is 12.6. The van der Waals surface area contributed by atoms with Crippen molar-refractivity contribution < 1.29 is 14.8 Å². The van der Waals surface area contributed by atoms with Crippen molar-refractivity contribution in [2.75, 3.05) is 25.5 Å². The van der Waals surface area contributed by atoms with Crippen molar-refractivity contribution in [3.05, 3.63) is 33.9 Å². The first kappa shape index (κ1) is 15.2. The Balaban J connectivity index is 2.31. The van der Waals surface area contributed by atoms with E-state index in [0.717, 1.165) is 6.42 Å². The first-order valence-electron chi connectivity index (χ1n) is 6.88. The molecular weight excluding hydrogens is 274 g/mol. The summed E-state index contributed by atoms with van der Waals surface area (Å²) in [4.78, 5) is 24.6. The quantitative estimate of drug-likeness (QED) is 0.650. The lowest BCUT2D eigenvalue weighted by Gasteiger charge is -2.34. The van der Waals surface area contributed by atoms with Crippen LogP contribution >= 0.6 is 0 Å². The zero-order chi connectivity index (χ0) is 15.6. The fourth-order valence-electron chi connectivity index (χ4n) is 2.54. The average molecular weight is 293 g/mol. The minimum Gasteiger partial charge on any atom is -0.391 e. The van der Waals surface area contributed by atoms with Gasteiger partial charge in [-0.05, 0) is 18.4 Å². The van der Waals surface area contributed by atoms with Gasteiger partial charge in [-0.3, -0.25) is 14.9 Å². The maximum Gasteiger partial charge on any atom is 0.293 e. The normalized spacial score (nSPS) is 22.0. The van der Waals surface area contributed by atoms with Crippen LogP contribution in [0.25, 0.3) is 0 Å². The molecule has 1 aliphatic rings. The van der Waals surface area contributed by atoms with Gasteiger partial charge in [0.15, 0.2) is 0 Å². The molecule has 0 aromatic heterocycles. The lowest BCUT2D eigenvalue weighted by molar-refractivity contribution is -0.384. The van der Waals surface area contributed by atoms with Crippen molar-refractivity contribution in [2.45, 2.75) is 19.4 Å². The van der Waals surface area contributed by atoms with E-state index in [2.05, 4.69) is 5.32 Å². The lowest BCUT2D eigenvalue weighted by Crippen LogP contribution is -2.46. The van der Waals surface area contributed by atoms with Crippen LogP contribution in [-0.4, -0.2) is 47.1 Å². The largest absolute Gasteiger partial charge is 0.391 e. The number of nitro benzene ring substituents is 1. The number of nitrogens with one attached hydrogen (secondary N) is 1. The van der Waals surface area contributed by atoms with Crippen LogP contribution in [0.4, 0.5) is 11.4 Å². The summed E-state index contributed by atoms with van der Waals surface area (Å²) in [7, 11) is 1.55. The fourth-order valence-corrected chi connectivity index (χ4v) is 2.54. The monoisotopic (exact) mass is 293 g/mol. The molecule has 1 saturated heterocycles. The number of rotatable bonds is 3. The second-order valence-electron chi connectivity index (χ2n) is 5.29. The average Bonchev–Trinajstić information content (AvgIpc) is 2.48. The van der Waals surface area contributed by atoms with E-state index in [1.165, 1.54) is 12.1 Å². The van der Waals surface area contributed by atoms with E-state index in [-0.39, 0.29) is 35.3 Å². The lowest BCUT2D eigenvalue weighted by atomic mass is 9.95. The van der Waals surface area contributed by atoms with Crippen LogP contribution in [0.15, 0.2) is 18.2 Å². The van der Waals surface area contributed by atoms with E-state index in [1.54, 1.807) is 18.0 Å². The summed E-state index contributed by atoms with van der Waals surface area (Å²) in [6.45, 7) is 2.74. The van der Waals surface area contributed by atoms with E-state index in [9.17, 15) is 20.0 Å². The first-order valence-corrected chi connectivity index (χ1v) is 6.88. The summed E-state index contributed by atoms with van der Waals surface area (Å²) < 4.78 is 0. The first-order chi connectivity index (χ1) is 9.95. The Morgan fingerprint density at radius 1 is 1.52 bits per heavy atom. The summed E-state index contributed by atoms with van der Waals surface area (Å²) in [5.74, 6) is -0.142. The van der Waals surface area contributed by atoms with Gasteiger partial charge in [0.1, 0.15) is 5.69 Å². The smallest absolute Gasteiger partial charge is 0.293 e. The summed E-state index contributed by atoms with van der Waals surface area (Å²) in [6, 6.07) is 4.41. The number of likely N-dealkylation sites (tertiary alicyclic amines) is 1. The van der Waals surface area contributed by atoms with Gasteiger partial charge in [-0.2, -0.15) is 0 Å². The molecule has 1 heterocycles. The number of aliphatic hydroxyl groups is 1. The molecule has 1 amide bonds. The van der Waals surface area contributed by atoms with Gasteiger partial charge < -0.3 is 15.3 Å². The molecule has 21 heavy (non-hydrogen) atoms. The van der Waals surface area contributed by atoms with Gasteiger partial charge >= 0.3 is 0 Å². The highest BCUT2D eigenvalue weighted by Gasteiger charge is 2.30. The van der Waals surface area contributed by atoms with Crippen molar-refractivity contribution >= 4 is 17.3 Å². The molecule has 1 aromatic carbocycles. The number of benzene rings is 1. The molecule has 1 aliphatic heterocycles. The molecule has 2 unspecified atom stereocenters. The molecule has 1 fully saturated rings. The van der Waals surface area contributed by atoms with E-state index in [0.29, 0.717) is 6.54 Å². The molecule has 7 heteroatoms. The number of hydrogen-bond acceptors (Lipinski definition) is 5. The molecule has 0 saturated carbocycles. The van der Waals surface area contributed by atoms with Crippen LogP contribution in [-0.2, 0) is 0 Å². The molecule has 2 N–H and O–H groups in total. The van der Waals surface area contributed by atoms with Crippen molar-refractivity contribution in [3.8, 4) is 0 Å². The standard InChI is InChI=1S/C14H19N3O4/c1-9-6-7-16(8-12(9)18)14(19)10-4-3-5-11(17(20)21)13(10)15-2/h3-5,9,12,15,18H,6-8H2,1-2H3. The minimum absolute atomic E-state index is 0.130. The number of nitro groups is 1. The number of β-amino-alcohol motifs (C(OH)–C–C–N with tert-alkyl or cyclic N) is 1. The van der Waals surface area contributed by atoms with Crippen LogP contribution in [0.1, 0.15) is 23.7 Å². The Morgan fingerprint density at radius 2 is 2.24 bits per heavy atom. The summed E-state index contributed by atoms with van der Waals surface area (Å²) in [5, 5.41) is 23.7. The Labute approximate surface area is 122 Å². The molecule has 0 aliphatic carbocycles. The Hall–Kier alpha value is -2.15. The molecule has 7 nitrogen and oxygen atoms in total. The van der Waals surface area contributed by atoms with E-state index >= 15 is 0 Å². The zero-order valence-electron chi connectivity index (χ0n) is 12.1. The highest BCUT2D eigenvalue weighted by Crippen LogP contribution is 2.29. The molecule has 0 bridgehead atoms. The number of para-hydroxylation sites is 1. The predicted molar refractivity (Wildman–Crippen MR) is 78.3 cm³/mol. The van der Waals surface area contributed by atoms with E-state index in [4.69, 9.17) is 0 Å². The molecule has 1 aromatic rings.